The van der Waals surface area contributed by atoms with E-state index in [0.717, 1.165) is 40.9 Å². The first-order chi connectivity index (χ1) is 12.1. The Morgan fingerprint density at radius 1 is 1.40 bits per heavy atom. The molecule has 0 spiro atoms. The van der Waals surface area contributed by atoms with E-state index in [1.807, 2.05) is 36.4 Å². The number of piperidine rings is 1. The summed E-state index contributed by atoms with van der Waals surface area (Å²) in [5.41, 5.74) is 1.88. The lowest BCUT2D eigenvalue weighted by Gasteiger charge is -2.37. The Hall–Kier alpha value is -1.92. The molecule has 1 N–H and O–H groups in total. The minimum atomic E-state index is -0.731. The number of pyridine rings is 1. The van der Waals surface area contributed by atoms with E-state index in [-0.39, 0.29) is 12.0 Å². The fourth-order valence-corrected chi connectivity index (χ4v) is 3.82. The summed E-state index contributed by atoms with van der Waals surface area (Å²) in [6, 6.07) is 11.6. The van der Waals surface area contributed by atoms with Crippen LogP contribution in [0.1, 0.15) is 30.1 Å². The molecule has 3 rings (SSSR count). The van der Waals surface area contributed by atoms with Gasteiger partial charge in [-0.15, -0.1) is 0 Å². The molecule has 2 unspecified atom stereocenters. The highest BCUT2D eigenvalue weighted by Crippen LogP contribution is 2.37. The van der Waals surface area contributed by atoms with Crippen LogP contribution in [-0.2, 0) is 4.79 Å². The number of hydrogen-bond donors (Lipinski definition) is 1. The SMILES string of the molecule is COc1ccc(Br)cc1C(c1ccccn1)N1CCCC(C(=O)O)C1. The second-order valence-corrected chi connectivity index (χ2v) is 7.13. The normalized spacial score (nSPS) is 19.4. The van der Waals surface area contributed by atoms with E-state index in [1.54, 1.807) is 13.3 Å². The van der Waals surface area contributed by atoms with Crippen LogP contribution in [0.15, 0.2) is 47.1 Å². The maximum absolute atomic E-state index is 11.5. The molecule has 2 aromatic rings. The van der Waals surface area contributed by atoms with Gasteiger partial charge in [-0.1, -0.05) is 22.0 Å². The van der Waals surface area contributed by atoms with Gasteiger partial charge in [0.25, 0.3) is 0 Å². The number of likely N-dealkylation sites (tertiary alicyclic amines) is 1. The first kappa shape index (κ1) is 17.9. The van der Waals surface area contributed by atoms with Crippen molar-refractivity contribution in [2.75, 3.05) is 20.2 Å². The predicted octanol–water partition coefficient (Wildman–Crippen LogP) is 3.74. The van der Waals surface area contributed by atoms with Crippen molar-refractivity contribution in [1.29, 1.82) is 0 Å². The van der Waals surface area contributed by atoms with Crippen molar-refractivity contribution in [3.8, 4) is 5.75 Å². The van der Waals surface area contributed by atoms with Gasteiger partial charge in [-0.25, -0.2) is 0 Å². The van der Waals surface area contributed by atoms with Gasteiger partial charge in [-0.05, 0) is 49.7 Å². The highest BCUT2D eigenvalue weighted by Gasteiger charge is 2.33. The Morgan fingerprint density at radius 3 is 2.92 bits per heavy atom. The number of carboxylic acids is 1. The van der Waals surface area contributed by atoms with E-state index >= 15 is 0 Å². The number of ether oxygens (including phenoxy) is 1. The molecule has 1 aliphatic rings. The molecule has 25 heavy (non-hydrogen) atoms. The largest absolute Gasteiger partial charge is 0.496 e. The third kappa shape index (κ3) is 4.02. The van der Waals surface area contributed by atoms with E-state index in [1.165, 1.54) is 0 Å². The second kappa shape index (κ2) is 7.97. The van der Waals surface area contributed by atoms with E-state index < -0.39 is 5.97 Å². The van der Waals surface area contributed by atoms with Crippen LogP contribution < -0.4 is 4.74 Å². The van der Waals surface area contributed by atoms with E-state index in [0.29, 0.717) is 6.54 Å². The van der Waals surface area contributed by atoms with Gasteiger partial charge in [-0.3, -0.25) is 14.7 Å². The van der Waals surface area contributed by atoms with Crippen molar-refractivity contribution in [2.24, 2.45) is 5.92 Å². The molecule has 0 saturated carbocycles. The number of carboxylic acid groups (broad SMARTS) is 1. The standard InChI is InChI=1S/C19H21BrN2O3/c1-25-17-8-7-14(20)11-15(17)18(16-6-2-3-9-21-16)22-10-4-5-13(12-22)19(23)24/h2-3,6-9,11,13,18H,4-5,10,12H2,1H3,(H,23,24). The average Bonchev–Trinajstić information content (AvgIpc) is 2.63. The monoisotopic (exact) mass is 404 g/mol. The van der Waals surface area contributed by atoms with Gasteiger partial charge in [0, 0.05) is 22.8 Å². The number of methoxy groups -OCH3 is 1. The number of aromatic nitrogens is 1. The van der Waals surface area contributed by atoms with Crippen molar-refractivity contribution < 1.29 is 14.6 Å². The zero-order chi connectivity index (χ0) is 17.8. The number of halogens is 1. The number of hydrogen-bond acceptors (Lipinski definition) is 4. The van der Waals surface area contributed by atoms with E-state index in [9.17, 15) is 9.90 Å². The van der Waals surface area contributed by atoms with Gasteiger partial charge in [0.1, 0.15) is 5.75 Å². The number of aliphatic carboxylic acids is 1. The van der Waals surface area contributed by atoms with Crippen LogP contribution in [0.3, 0.4) is 0 Å². The fourth-order valence-electron chi connectivity index (χ4n) is 3.44. The summed E-state index contributed by atoms with van der Waals surface area (Å²) in [7, 11) is 1.65. The molecule has 0 radical (unpaired) electrons. The minimum Gasteiger partial charge on any atom is -0.496 e. The van der Waals surface area contributed by atoms with Crippen molar-refractivity contribution in [1.82, 2.24) is 9.88 Å². The Balaban J connectivity index is 2.05. The molecule has 1 aromatic carbocycles. The smallest absolute Gasteiger partial charge is 0.307 e. The molecule has 1 saturated heterocycles. The molecule has 132 valence electrons. The highest BCUT2D eigenvalue weighted by molar-refractivity contribution is 9.10. The van der Waals surface area contributed by atoms with Crippen LogP contribution in [0, 0.1) is 5.92 Å². The van der Waals surface area contributed by atoms with Crippen LogP contribution >= 0.6 is 15.9 Å². The zero-order valence-electron chi connectivity index (χ0n) is 14.1. The molecule has 0 aliphatic carbocycles. The van der Waals surface area contributed by atoms with Crippen molar-refractivity contribution in [3.63, 3.8) is 0 Å². The summed E-state index contributed by atoms with van der Waals surface area (Å²) < 4.78 is 6.53. The second-order valence-electron chi connectivity index (χ2n) is 6.22. The van der Waals surface area contributed by atoms with Crippen LogP contribution in [0.25, 0.3) is 0 Å². The topological polar surface area (TPSA) is 62.7 Å². The van der Waals surface area contributed by atoms with Crippen molar-refractivity contribution in [2.45, 2.75) is 18.9 Å². The highest BCUT2D eigenvalue weighted by atomic mass is 79.9. The first-order valence-corrected chi connectivity index (χ1v) is 9.10. The average molecular weight is 405 g/mol. The maximum atomic E-state index is 11.5. The predicted molar refractivity (Wildman–Crippen MR) is 98.7 cm³/mol. The Kier molecular flexibility index (Phi) is 5.71. The summed E-state index contributed by atoms with van der Waals surface area (Å²) in [5, 5.41) is 9.45. The Labute approximate surface area is 155 Å². The Morgan fingerprint density at radius 2 is 2.24 bits per heavy atom. The van der Waals surface area contributed by atoms with Gasteiger partial charge >= 0.3 is 5.97 Å². The number of nitrogens with zero attached hydrogens (tertiary/aromatic N) is 2. The lowest BCUT2D eigenvalue weighted by atomic mass is 9.93. The van der Waals surface area contributed by atoms with Crippen LogP contribution in [0.5, 0.6) is 5.75 Å². The summed E-state index contributed by atoms with van der Waals surface area (Å²) in [6.07, 6.45) is 3.35. The molecule has 6 heteroatoms. The molecule has 2 atom stereocenters. The van der Waals surface area contributed by atoms with Crippen LogP contribution in [0.4, 0.5) is 0 Å². The molecular formula is C19H21BrN2O3. The lowest BCUT2D eigenvalue weighted by molar-refractivity contribution is -0.143. The van der Waals surface area contributed by atoms with Crippen molar-refractivity contribution in [3.05, 3.63) is 58.3 Å². The molecule has 2 heterocycles. The first-order valence-electron chi connectivity index (χ1n) is 8.31. The van der Waals surface area contributed by atoms with Gasteiger partial charge in [0.05, 0.1) is 24.8 Å². The minimum absolute atomic E-state index is 0.143. The zero-order valence-corrected chi connectivity index (χ0v) is 15.6. The molecular weight excluding hydrogens is 384 g/mol. The van der Waals surface area contributed by atoms with Crippen molar-refractivity contribution >= 4 is 21.9 Å². The molecule has 1 aliphatic heterocycles. The van der Waals surface area contributed by atoms with Crippen LogP contribution in [0.2, 0.25) is 0 Å². The number of rotatable bonds is 5. The molecule has 0 amide bonds. The molecule has 0 bridgehead atoms. The third-order valence-electron chi connectivity index (χ3n) is 4.62. The quantitative estimate of drug-likeness (QED) is 0.821. The van der Waals surface area contributed by atoms with Gasteiger partial charge in [-0.2, -0.15) is 0 Å². The third-order valence-corrected chi connectivity index (χ3v) is 5.11. The number of carbonyl (C=O) groups is 1. The fraction of sp³-hybridized carbons (Fsp3) is 0.368. The summed E-state index contributed by atoms with van der Waals surface area (Å²) in [4.78, 5) is 18.2. The van der Waals surface area contributed by atoms with Gasteiger partial charge < -0.3 is 9.84 Å². The molecule has 5 nitrogen and oxygen atoms in total. The summed E-state index contributed by atoms with van der Waals surface area (Å²) >= 11 is 3.54. The van der Waals surface area contributed by atoms with E-state index in [2.05, 4.69) is 25.8 Å². The lowest BCUT2D eigenvalue weighted by Crippen LogP contribution is -2.41. The summed E-state index contributed by atoms with van der Waals surface area (Å²) in [5.74, 6) is -0.305. The van der Waals surface area contributed by atoms with E-state index in [4.69, 9.17) is 4.74 Å². The summed E-state index contributed by atoms with van der Waals surface area (Å²) in [6.45, 7) is 1.34. The molecule has 1 aromatic heterocycles. The van der Waals surface area contributed by atoms with Gasteiger partial charge in [0.15, 0.2) is 0 Å². The Bertz CT molecular complexity index is 739. The molecule has 1 fully saturated rings. The van der Waals surface area contributed by atoms with Crippen LogP contribution in [-0.4, -0.2) is 41.2 Å². The van der Waals surface area contributed by atoms with Gasteiger partial charge in [0.2, 0.25) is 0 Å². The maximum Gasteiger partial charge on any atom is 0.307 e. The number of benzene rings is 1.